The van der Waals surface area contributed by atoms with Crippen LogP contribution >= 0.6 is 23.3 Å². The van der Waals surface area contributed by atoms with Crippen molar-refractivity contribution in [2.24, 2.45) is 0 Å². The summed E-state index contributed by atoms with van der Waals surface area (Å²) in [6.45, 7) is 2.00. The maximum Gasteiger partial charge on any atom is 0.129 e. The van der Waals surface area contributed by atoms with Gasteiger partial charge in [0.05, 0.1) is 22.4 Å². The molecule has 0 aliphatic heterocycles. The van der Waals surface area contributed by atoms with Crippen molar-refractivity contribution in [2.45, 2.75) is 13.0 Å². The van der Waals surface area contributed by atoms with E-state index in [1.54, 1.807) is 12.1 Å². The fourth-order valence-electron chi connectivity index (χ4n) is 2.06. The first-order valence-electron chi connectivity index (χ1n) is 6.11. The van der Waals surface area contributed by atoms with Crippen LogP contribution in [0.4, 0.5) is 5.69 Å². The molecule has 0 saturated carbocycles. The van der Waals surface area contributed by atoms with Gasteiger partial charge in [0.1, 0.15) is 16.8 Å². The van der Waals surface area contributed by atoms with Crippen LogP contribution in [0.3, 0.4) is 0 Å². The van der Waals surface area contributed by atoms with Crippen molar-refractivity contribution in [3.63, 3.8) is 0 Å². The van der Waals surface area contributed by atoms with Crippen LogP contribution in [-0.2, 0) is 0 Å². The number of halogens is 1. The first-order valence-corrected chi connectivity index (χ1v) is 7.22. The number of fused-ring (bicyclic) bond motifs is 1. The molecule has 1 aromatic heterocycles. The summed E-state index contributed by atoms with van der Waals surface area (Å²) in [6.07, 6.45) is 0. The highest BCUT2D eigenvalue weighted by molar-refractivity contribution is 7.00. The number of nitrogens with one attached hydrogen (secondary N) is 1. The molecule has 0 bridgehead atoms. The molecule has 0 amide bonds. The molecule has 0 saturated heterocycles. The van der Waals surface area contributed by atoms with Gasteiger partial charge in [-0.25, -0.2) is 0 Å². The number of phenolic OH excluding ortho intramolecular Hbond substituents is 1. The Morgan fingerprint density at radius 1 is 1.25 bits per heavy atom. The second-order valence-electron chi connectivity index (χ2n) is 4.52. The van der Waals surface area contributed by atoms with Gasteiger partial charge in [-0.1, -0.05) is 23.7 Å². The quantitative estimate of drug-likeness (QED) is 0.760. The van der Waals surface area contributed by atoms with Crippen LogP contribution in [0, 0.1) is 0 Å². The zero-order valence-corrected chi connectivity index (χ0v) is 12.2. The fraction of sp³-hybridized carbons (Fsp3) is 0.143. The number of anilines is 1. The summed E-state index contributed by atoms with van der Waals surface area (Å²) in [4.78, 5) is 0. The Bertz CT molecular complexity index is 759. The van der Waals surface area contributed by atoms with E-state index in [0.717, 1.165) is 34.0 Å². The van der Waals surface area contributed by atoms with Crippen molar-refractivity contribution in [2.75, 3.05) is 5.32 Å². The van der Waals surface area contributed by atoms with Crippen LogP contribution in [0.15, 0.2) is 36.4 Å². The Labute approximate surface area is 125 Å². The fourth-order valence-corrected chi connectivity index (χ4v) is 2.81. The molecule has 6 heteroatoms. The second-order valence-corrected chi connectivity index (χ2v) is 5.45. The van der Waals surface area contributed by atoms with E-state index in [1.807, 2.05) is 31.2 Å². The number of phenols is 1. The minimum absolute atomic E-state index is 0.00750. The first kappa shape index (κ1) is 13.1. The molecular weight excluding hydrogens is 294 g/mol. The number of hydrogen-bond acceptors (Lipinski definition) is 5. The van der Waals surface area contributed by atoms with E-state index in [4.69, 9.17) is 11.6 Å². The average molecular weight is 306 g/mol. The number of aromatic hydroxyl groups is 1. The molecule has 102 valence electrons. The molecule has 0 aliphatic carbocycles. The van der Waals surface area contributed by atoms with Crippen LogP contribution in [0.5, 0.6) is 5.75 Å². The number of benzene rings is 2. The highest BCUT2D eigenvalue weighted by atomic mass is 35.5. The van der Waals surface area contributed by atoms with Gasteiger partial charge in [0.25, 0.3) is 0 Å². The van der Waals surface area contributed by atoms with E-state index in [9.17, 15) is 5.11 Å². The molecule has 3 aromatic rings. The molecule has 20 heavy (non-hydrogen) atoms. The molecule has 2 aromatic carbocycles. The molecule has 3 rings (SSSR count). The van der Waals surface area contributed by atoms with Gasteiger partial charge in [-0.2, -0.15) is 8.75 Å². The molecule has 2 N–H and O–H groups in total. The van der Waals surface area contributed by atoms with Crippen LogP contribution in [0.1, 0.15) is 18.5 Å². The van der Waals surface area contributed by atoms with Crippen LogP contribution in [0.25, 0.3) is 11.0 Å². The second kappa shape index (κ2) is 5.26. The third kappa shape index (κ3) is 2.42. The Hall–Kier alpha value is -1.85. The molecule has 1 heterocycles. The molecule has 0 radical (unpaired) electrons. The maximum absolute atomic E-state index is 9.55. The van der Waals surface area contributed by atoms with E-state index in [2.05, 4.69) is 14.1 Å². The van der Waals surface area contributed by atoms with Gasteiger partial charge in [-0.15, -0.1) is 0 Å². The smallest absolute Gasteiger partial charge is 0.129 e. The molecule has 0 aliphatic rings. The van der Waals surface area contributed by atoms with Crippen molar-refractivity contribution in [3.05, 3.63) is 47.0 Å². The predicted octanol–water partition coefficient (Wildman–Crippen LogP) is 4.22. The van der Waals surface area contributed by atoms with Gasteiger partial charge in [0.15, 0.2) is 0 Å². The highest BCUT2D eigenvalue weighted by Gasteiger charge is 2.13. The van der Waals surface area contributed by atoms with E-state index in [0.29, 0.717) is 5.02 Å². The molecule has 0 fully saturated rings. The number of aromatic nitrogens is 2. The third-order valence-corrected chi connectivity index (χ3v) is 3.97. The summed E-state index contributed by atoms with van der Waals surface area (Å²) in [7, 11) is 0. The normalized spacial score (nSPS) is 12.5. The SMILES string of the molecule is CC(Nc1c(Cl)ccc2nsnc12)c1cccc(O)c1. The van der Waals surface area contributed by atoms with Gasteiger partial charge in [0, 0.05) is 6.04 Å². The Balaban J connectivity index is 1.96. The lowest BCUT2D eigenvalue weighted by atomic mass is 10.1. The zero-order chi connectivity index (χ0) is 14.1. The van der Waals surface area contributed by atoms with E-state index in [-0.39, 0.29) is 11.8 Å². The maximum atomic E-state index is 9.55. The summed E-state index contributed by atoms with van der Waals surface area (Å²) in [6, 6.07) is 10.8. The van der Waals surface area contributed by atoms with Crippen LogP contribution in [-0.4, -0.2) is 13.9 Å². The van der Waals surface area contributed by atoms with Crippen molar-refractivity contribution in [1.82, 2.24) is 8.75 Å². The highest BCUT2D eigenvalue weighted by Crippen LogP contribution is 2.33. The molecule has 1 atom stereocenters. The van der Waals surface area contributed by atoms with Crippen molar-refractivity contribution >= 4 is 40.0 Å². The molecule has 4 nitrogen and oxygen atoms in total. The minimum atomic E-state index is -0.00750. The Morgan fingerprint density at radius 3 is 2.90 bits per heavy atom. The number of nitrogens with zero attached hydrogens (tertiary/aromatic N) is 2. The van der Waals surface area contributed by atoms with Gasteiger partial charge in [-0.05, 0) is 36.8 Å². The summed E-state index contributed by atoms with van der Waals surface area (Å²) < 4.78 is 8.48. The van der Waals surface area contributed by atoms with E-state index < -0.39 is 0 Å². The van der Waals surface area contributed by atoms with Crippen molar-refractivity contribution < 1.29 is 5.11 Å². The monoisotopic (exact) mass is 305 g/mol. The Kier molecular flexibility index (Phi) is 3.46. The van der Waals surface area contributed by atoms with Crippen molar-refractivity contribution in [3.8, 4) is 5.75 Å². The van der Waals surface area contributed by atoms with Gasteiger partial charge in [-0.3, -0.25) is 0 Å². The minimum Gasteiger partial charge on any atom is -0.508 e. The van der Waals surface area contributed by atoms with Crippen molar-refractivity contribution in [1.29, 1.82) is 0 Å². The average Bonchev–Trinajstić information content (AvgIpc) is 2.90. The topological polar surface area (TPSA) is 58.0 Å². The lowest BCUT2D eigenvalue weighted by Crippen LogP contribution is -2.07. The molecule has 0 spiro atoms. The van der Waals surface area contributed by atoms with Gasteiger partial charge in [0.2, 0.25) is 0 Å². The lowest BCUT2D eigenvalue weighted by Gasteiger charge is -2.17. The largest absolute Gasteiger partial charge is 0.508 e. The summed E-state index contributed by atoms with van der Waals surface area (Å²) >= 11 is 7.41. The van der Waals surface area contributed by atoms with Crippen LogP contribution in [0.2, 0.25) is 5.02 Å². The van der Waals surface area contributed by atoms with Gasteiger partial charge < -0.3 is 10.4 Å². The lowest BCUT2D eigenvalue weighted by molar-refractivity contribution is 0.474. The first-order chi connectivity index (χ1) is 9.65. The Morgan fingerprint density at radius 2 is 2.10 bits per heavy atom. The number of rotatable bonds is 3. The van der Waals surface area contributed by atoms with Crippen LogP contribution < -0.4 is 5.32 Å². The van der Waals surface area contributed by atoms with E-state index >= 15 is 0 Å². The predicted molar refractivity (Wildman–Crippen MR) is 82.6 cm³/mol. The van der Waals surface area contributed by atoms with E-state index in [1.165, 1.54) is 0 Å². The summed E-state index contributed by atoms with van der Waals surface area (Å²) in [5, 5.41) is 13.5. The zero-order valence-electron chi connectivity index (χ0n) is 10.7. The standard InChI is InChI=1S/C14H12ClN3OS/c1-8(9-3-2-4-10(19)7-9)16-13-11(15)5-6-12-14(13)18-20-17-12/h2-8,16,19H,1H3. The van der Waals surface area contributed by atoms with Gasteiger partial charge >= 0.3 is 0 Å². The third-order valence-electron chi connectivity index (χ3n) is 3.11. The molecular formula is C14H12ClN3OS. The number of hydrogen-bond donors (Lipinski definition) is 2. The molecule has 1 unspecified atom stereocenters. The summed E-state index contributed by atoms with van der Waals surface area (Å²) in [5.41, 5.74) is 3.34. The summed E-state index contributed by atoms with van der Waals surface area (Å²) in [5.74, 6) is 0.246.